The van der Waals surface area contributed by atoms with Crippen molar-refractivity contribution in [2.75, 3.05) is 19.0 Å². The predicted molar refractivity (Wildman–Crippen MR) is 60.4 cm³/mol. The average Bonchev–Trinajstić information content (AvgIpc) is 2.25. The third-order valence-corrected chi connectivity index (χ3v) is 1.90. The van der Waals surface area contributed by atoms with Crippen LogP contribution in [0.25, 0.3) is 0 Å². The molecule has 0 atom stereocenters. The predicted octanol–water partition coefficient (Wildman–Crippen LogP) is 1.05. The zero-order chi connectivity index (χ0) is 12.2. The lowest BCUT2D eigenvalue weighted by atomic mass is 10.1. The van der Waals surface area contributed by atoms with E-state index >= 15 is 0 Å². The molecular formula is C11H16N2O3. The van der Waals surface area contributed by atoms with E-state index in [-0.39, 0.29) is 0 Å². The zero-order valence-electron chi connectivity index (χ0n) is 9.65. The van der Waals surface area contributed by atoms with Crippen LogP contribution in [0.1, 0.15) is 24.2 Å². The highest BCUT2D eigenvalue weighted by Crippen LogP contribution is 2.13. The number of hydrogen-bond acceptors (Lipinski definition) is 5. The molecule has 0 aliphatic carbocycles. The minimum atomic E-state index is -0.870. The summed E-state index contributed by atoms with van der Waals surface area (Å²) in [7, 11) is 1.31. The molecule has 0 saturated heterocycles. The lowest BCUT2D eigenvalue weighted by Crippen LogP contribution is -2.30. The Labute approximate surface area is 94.5 Å². The van der Waals surface area contributed by atoms with Gasteiger partial charge in [0.1, 0.15) is 11.4 Å². The van der Waals surface area contributed by atoms with Gasteiger partial charge in [-0.3, -0.25) is 0 Å². The zero-order valence-corrected chi connectivity index (χ0v) is 9.65. The Kier molecular flexibility index (Phi) is 3.84. The van der Waals surface area contributed by atoms with E-state index in [1.165, 1.54) is 7.11 Å². The summed E-state index contributed by atoms with van der Waals surface area (Å²) in [5, 5.41) is 12.5. The minimum Gasteiger partial charge on any atom is -0.465 e. The molecule has 0 aromatic carbocycles. The lowest BCUT2D eigenvalue weighted by Gasteiger charge is -2.18. The van der Waals surface area contributed by atoms with Crippen molar-refractivity contribution in [3.63, 3.8) is 0 Å². The van der Waals surface area contributed by atoms with Crippen molar-refractivity contribution < 1.29 is 14.6 Å². The number of rotatable bonds is 4. The van der Waals surface area contributed by atoms with Crippen molar-refractivity contribution in [2.45, 2.75) is 19.4 Å². The molecule has 1 aromatic rings. The number of pyridine rings is 1. The van der Waals surface area contributed by atoms with E-state index in [0.717, 1.165) is 0 Å². The Morgan fingerprint density at radius 1 is 1.62 bits per heavy atom. The van der Waals surface area contributed by atoms with E-state index in [4.69, 9.17) is 0 Å². The molecular weight excluding hydrogens is 208 g/mol. The summed E-state index contributed by atoms with van der Waals surface area (Å²) in [6, 6.07) is 3.27. The molecule has 0 fully saturated rings. The smallest absolute Gasteiger partial charge is 0.341 e. The van der Waals surface area contributed by atoms with Gasteiger partial charge in [-0.15, -0.1) is 0 Å². The van der Waals surface area contributed by atoms with Crippen LogP contribution in [0.2, 0.25) is 0 Å². The van der Waals surface area contributed by atoms with Crippen molar-refractivity contribution in [1.29, 1.82) is 0 Å². The summed E-state index contributed by atoms with van der Waals surface area (Å²) in [4.78, 5) is 15.4. The summed E-state index contributed by atoms with van der Waals surface area (Å²) in [5.74, 6) is -0.0391. The highest BCUT2D eigenvalue weighted by atomic mass is 16.5. The third-order valence-electron chi connectivity index (χ3n) is 1.90. The number of esters is 1. The van der Waals surface area contributed by atoms with Crippen LogP contribution in [-0.2, 0) is 4.74 Å². The van der Waals surface area contributed by atoms with E-state index in [2.05, 4.69) is 15.0 Å². The highest BCUT2D eigenvalue weighted by molar-refractivity contribution is 5.94. The summed E-state index contributed by atoms with van der Waals surface area (Å²) in [5.41, 5.74) is -0.514. The first-order valence-electron chi connectivity index (χ1n) is 4.93. The van der Waals surface area contributed by atoms with Gasteiger partial charge in [0, 0.05) is 12.7 Å². The molecule has 0 aliphatic heterocycles. The Morgan fingerprint density at radius 2 is 2.31 bits per heavy atom. The van der Waals surface area contributed by atoms with Crippen molar-refractivity contribution in [3.8, 4) is 0 Å². The number of ether oxygens (including phenoxy) is 1. The Morgan fingerprint density at radius 3 is 2.88 bits per heavy atom. The maximum atomic E-state index is 11.4. The molecule has 0 aliphatic rings. The normalized spacial score (nSPS) is 11.0. The fraction of sp³-hybridized carbons (Fsp3) is 0.455. The monoisotopic (exact) mass is 224 g/mol. The number of aliphatic hydroxyl groups is 1. The fourth-order valence-electron chi connectivity index (χ4n) is 1.12. The fourth-order valence-corrected chi connectivity index (χ4v) is 1.12. The molecule has 5 nitrogen and oxygen atoms in total. The van der Waals surface area contributed by atoms with Gasteiger partial charge >= 0.3 is 5.97 Å². The van der Waals surface area contributed by atoms with E-state index in [1.54, 1.807) is 32.2 Å². The number of nitrogens with zero attached hydrogens (tertiary/aromatic N) is 1. The van der Waals surface area contributed by atoms with Crippen LogP contribution in [0, 0.1) is 0 Å². The molecule has 0 radical (unpaired) electrons. The molecule has 16 heavy (non-hydrogen) atoms. The minimum absolute atomic E-state index is 0.300. The highest BCUT2D eigenvalue weighted by Gasteiger charge is 2.16. The SMILES string of the molecule is COC(=O)c1cccnc1NCC(C)(C)O. The lowest BCUT2D eigenvalue weighted by molar-refractivity contribution is 0.0600. The number of aromatic nitrogens is 1. The van der Waals surface area contributed by atoms with E-state index in [1.807, 2.05) is 0 Å². The maximum absolute atomic E-state index is 11.4. The summed E-state index contributed by atoms with van der Waals surface area (Å²) in [6.07, 6.45) is 1.57. The number of methoxy groups -OCH3 is 1. The number of nitrogens with one attached hydrogen (secondary N) is 1. The largest absolute Gasteiger partial charge is 0.465 e. The van der Waals surface area contributed by atoms with Crippen LogP contribution in [0.3, 0.4) is 0 Å². The van der Waals surface area contributed by atoms with Gasteiger partial charge in [0.15, 0.2) is 0 Å². The van der Waals surface area contributed by atoms with Gasteiger partial charge < -0.3 is 15.2 Å². The first-order valence-corrected chi connectivity index (χ1v) is 4.93. The quantitative estimate of drug-likeness (QED) is 0.748. The molecule has 1 aromatic heterocycles. The van der Waals surface area contributed by atoms with E-state index in [9.17, 15) is 9.90 Å². The van der Waals surface area contributed by atoms with Crippen LogP contribution in [0.4, 0.5) is 5.82 Å². The van der Waals surface area contributed by atoms with Gasteiger partial charge in [0.2, 0.25) is 0 Å². The summed E-state index contributed by atoms with van der Waals surface area (Å²) >= 11 is 0. The second-order valence-corrected chi connectivity index (χ2v) is 4.06. The molecule has 0 amide bonds. The van der Waals surface area contributed by atoms with Crippen LogP contribution in [0.5, 0.6) is 0 Å². The molecule has 2 N–H and O–H groups in total. The molecule has 5 heteroatoms. The van der Waals surface area contributed by atoms with Gasteiger partial charge in [0.05, 0.1) is 12.7 Å². The topological polar surface area (TPSA) is 71.5 Å². The van der Waals surface area contributed by atoms with E-state index in [0.29, 0.717) is 17.9 Å². The first kappa shape index (κ1) is 12.4. The Hall–Kier alpha value is -1.62. The maximum Gasteiger partial charge on any atom is 0.341 e. The molecule has 1 heterocycles. The van der Waals surface area contributed by atoms with Crippen LogP contribution in [-0.4, -0.2) is 35.3 Å². The Balaban J connectivity index is 2.83. The number of carbonyl (C=O) groups is 1. The third kappa shape index (κ3) is 3.51. The van der Waals surface area contributed by atoms with Gasteiger partial charge in [-0.25, -0.2) is 9.78 Å². The van der Waals surface area contributed by atoms with Crippen LogP contribution < -0.4 is 5.32 Å². The van der Waals surface area contributed by atoms with Crippen LogP contribution in [0.15, 0.2) is 18.3 Å². The molecule has 0 bridgehead atoms. The van der Waals surface area contributed by atoms with Crippen LogP contribution >= 0.6 is 0 Å². The van der Waals surface area contributed by atoms with Crippen molar-refractivity contribution in [2.24, 2.45) is 0 Å². The Bertz CT molecular complexity index is 372. The molecule has 1 rings (SSSR count). The molecule has 88 valence electrons. The first-order chi connectivity index (χ1) is 7.44. The molecule has 0 spiro atoms. The second kappa shape index (κ2) is 4.94. The molecule has 0 saturated carbocycles. The van der Waals surface area contributed by atoms with Crippen molar-refractivity contribution >= 4 is 11.8 Å². The second-order valence-electron chi connectivity index (χ2n) is 4.06. The van der Waals surface area contributed by atoms with Crippen molar-refractivity contribution in [3.05, 3.63) is 23.9 Å². The average molecular weight is 224 g/mol. The number of carbonyl (C=O) groups excluding carboxylic acids is 1. The van der Waals surface area contributed by atoms with E-state index < -0.39 is 11.6 Å². The summed E-state index contributed by atoms with van der Waals surface area (Å²) < 4.78 is 4.63. The van der Waals surface area contributed by atoms with Gasteiger partial charge in [-0.2, -0.15) is 0 Å². The molecule has 0 unspecified atom stereocenters. The number of anilines is 1. The summed E-state index contributed by atoms with van der Waals surface area (Å²) in [6.45, 7) is 3.63. The van der Waals surface area contributed by atoms with Gasteiger partial charge in [-0.05, 0) is 26.0 Å². The standard InChI is InChI=1S/C11H16N2O3/c1-11(2,15)7-13-9-8(10(14)16-3)5-4-6-12-9/h4-6,15H,7H2,1-3H3,(H,12,13). The number of hydrogen-bond donors (Lipinski definition) is 2. The van der Waals surface area contributed by atoms with Gasteiger partial charge in [-0.1, -0.05) is 0 Å². The van der Waals surface area contributed by atoms with Crippen molar-refractivity contribution in [1.82, 2.24) is 4.98 Å². The van der Waals surface area contributed by atoms with Gasteiger partial charge in [0.25, 0.3) is 0 Å².